The third kappa shape index (κ3) is 3.97. The highest BCUT2D eigenvalue weighted by molar-refractivity contribution is 8.00. The first-order valence-corrected chi connectivity index (χ1v) is 8.50. The van der Waals surface area contributed by atoms with E-state index in [1.54, 1.807) is 0 Å². The van der Waals surface area contributed by atoms with Crippen molar-refractivity contribution in [3.05, 3.63) is 59.4 Å². The topological polar surface area (TPSA) is 43.4 Å². The summed E-state index contributed by atoms with van der Waals surface area (Å²) < 4.78 is 70.1. The molecule has 0 aliphatic carbocycles. The number of fused-ring (bicyclic) bond motifs is 1. The van der Waals surface area contributed by atoms with Gasteiger partial charge >= 0.3 is 11.4 Å². The summed E-state index contributed by atoms with van der Waals surface area (Å²) in [6.07, 6.45) is -5.11. The third-order valence-electron chi connectivity index (χ3n) is 3.83. The first kappa shape index (κ1) is 19.3. The highest BCUT2D eigenvalue weighted by Crippen LogP contribution is 2.54. The molecule has 142 valence electrons. The van der Waals surface area contributed by atoms with Gasteiger partial charge in [-0.3, -0.25) is 9.59 Å². The molecule has 1 heterocycles. The number of hydrogen-bond acceptors (Lipinski definition) is 4. The summed E-state index contributed by atoms with van der Waals surface area (Å²) in [5.74, 6) is -1.95. The molecule has 0 amide bonds. The Kier molecular flexibility index (Phi) is 4.98. The van der Waals surface area contributed by atoms with Gasteiger partial charge in [0.25, 0.3) is 0 Å². The van der Waals surface area contributed by atoms with Crippen molar-refractivity contribution in [3.8, 4) is 5.75 Å². The Balaban J connectivity index is 1.69. The Bertz CT molecular complexity index is 896. The predicted molar refractivity (Wildman–Crippen MR) is 87.1 cm³/mol. The van der Waals surface area contributed by atoms with Crippen molar-refractivity contribution in [1.29, 1.82) is 0 Å². The average Bonchev–Trinajstić information content (AvgIpc) is 2.60. The van der Waals surface area contributed by atoms with E-state index in [1.165, 1.54) is 18.2 Å². The maximum Gasteiger partial charge on any atom is 0.475 e. The number of carbonyl (C=O) groups is 2. The molecule has 0 N–H and O–H groups in total. The average molecular weight is 402 g/mol. The van der Waals surface area contributed by atoms with Crippen LogP contribution in [-0.2, 0) is 0 Å². The third-order valence-corrected chi connectivity index (χ3v) is 4.88. The number of rotatable bonds is 5. The van der Waals surface area contributed by atoms with Gasteiger partial charge in [-0.15, -0.1) is 0 Å². The quantitative estimate of drug-likeness (QED) is 0.500. The molecule has 2 aromatic carbocycles. The number of thioether (sulfide) groups is 1. The van der Waals surface area contributed by atoms with E-state index in [4.69, 9.17) is 0 Å². The van der Waals surface area contributed by atoms with Crippen molar-refractivity contribution < 1.29 is 36.3 Å². The van der Waals surface area contributed by atoms with E-state index in [-0.39, 0.29) is 46.4 Å². The Labute approximate surface area is 154 Å². The van der Waals surface area contributed by atoms with Crippen LogP contribution in [-0.4, -0.2) is 22.9 Å². The van der Waals surface area contributed by atoms with E-state index in [9.17, 15) is 31.5 Å². The molecule has 27 heavy (non-hydrogen) atoms. The van der Waals surface area contributed by atoms with Gasteiger partial charge in [-0.05, 0) is 48.2 Å². The Hall–Kier alpha value is -2.42. The molecular formula is C18H11F5O3S. The standard InChI is InChI=1S/C18H11F5O3S/c19-12-4-1-10(2-5-12)13(24)6-7-14(25)11-3-8-16-15(9-11)26-17(20,21)18(22,23)27-16/h1-5,8-9H,6-7H2. The van der Waals surface area contributed by atoms with Gasteiger partial charge in [-0.2, -0.15) is 17.6 Å². The number of Topliss-reactive ketones (excluding diaryl/α,β-unsaturated/α-hetero) is 2. The van der Waals surface area contributed by atoms with Crippen molar-refractivity contribution in [1.82, 2.24) is 0 Å². The van der Waals surface area contributed by atoms with Gasteiger partial charge in [0.15, 0.2) is 11.6 Å². The minimum Gasteiger partial charge on any atom is -0.426 e. The van der Waals surface area contributed by atoms with Crippen molar-refractivity contribution in [2.24, 2.45) is 0 Å². The molecule has 0 bridgehead atoms. The van der Waals surface area contributed by atoms with E-state index < -0.39 is 28.7 Å². The van der Waals surface area contributed by atoms with E-state index >= 15 is 0 Å². The Morgan fingerprint density at radius 3 is 2.07 bits per heavy atom. The molecule has 0 saturated carbocycles. The fraction of sp³-hybridized carbons (Fsp3) is 0.222. The summed E-state index contributed by atoms with van der Waals surface area (Å²) in [6, 6.07) is 8.06. The zero-order valence-corrected chi connectivity index (χ0v) is 14.3. The van der Waals surface area contributed by atoms with Crippen LogP contribution in [0.25, 0.3) is 0 Å². The molecule has 1 aliphatic rings. The second-order valence-corrected chi connectivity index (χ2v) is 6.91. The summed E-state index contributed by atoms with van der Waals surface area (Å²) in [4.78, 5) is 24.0. The number of carbonyl (C=O) groups excluding carboxylic acids is 2. The van der Waals surface area contributed by atoms with Gasteiger partial charge in [0.05, 0.1) is 4.90 Å². The van der Waals surface area contributed by atoms with Crippen LogP contribution in [0.5, 0.6) is 5.75 Å². The van der Waals surface area contributed by atoms with E-state index in [0.29, 0.717) is 0 Å². The van der Waals surface area contributed by atoms with Gasteiger partial charge in [-0.25, -0.2) is 4.39 Å². The van der Waals surface area contributed by atoms with Gasteiger partial charge in [0, 0.05) is 24.0 Å². The minimum absolute atomic E-state index is 0.0396. The molecule has 0 spiro atoms. The van der Waals surface area contributed by atoms with E-state index in [1.807, 2.05) is 0 Å². The van der Waals surface area contributed by atoms with Crippen molar-refractivity contribution in [2.75, 3.05) is 0 Å². The summed E-state index contributed by atoms with van der Waals surface area (Å²) >= 11 is -0.346. The minimum atomic E-state index is -4.70. The van der Waals surface area contributed by atoms with Crippen LogP contribution >= 0.6 is 11.8 Å². The molecule has 3 rings (SSSR count). The van der Waals surface area contributed by atoms with Crippen LogP contribution in [0.1, 0.15) is 33.6 Å². The van der Waals surface area contributed by atoms with Crippen molar-refractivity contribution in [3.63, 3.8) is 0 Å². The largest absolute Gasteiger partial charge is 0.475 e. The maximum atomic E-state index is 13.3. The number of ether oxygens (including phenoxy) is 1. The summed E-state index contributed by atoms with van der Waals surface area (Å²) in [5, 5.41) is -4.42. The fourth-order valence-electron chi connectivity index (χ4n) is 2.39. The second-order valence-electron chi connectivity index (χ2n) is 5.75. The highest BCUT2D eigenvalue weighted by atomic mass is 32.2. The van der Waals surface area contributed by atoms with Gasteiger partial charge in [0.2, 0.25) is 0 Å². The molecule has 0 aromatic heterocycles. The summed E-state index contributed by atoms with van der Waals surface area (Å²) in [6.45, 7) is 0. The predicted octanol–water partition coefficient (Wildman–Crippen LogP) is 5.34. The van der Waals surface area contributed by atoms with Crippen LogP contribution in [0.15, 0.2) is 47.4 Å². The highest BCUT2D eigenvalue weighted by Gasteiger charge is 2.63. The van der Waals surface area contributed by atoms with Crippen LogP contribution in [0.2, 0.25) is 0 Å². The number of hydrogen-bond donors (Lipinski definition) is 0. The molecule has 0 unspecified atom stereocenters. The lowest BCUT2D eigenvalue weighted by Crippen LogP contribution is -2.45. The molecule has 0 fully saturated rings. The van der Waals surface area contributed by atoms with Crippen molar-refractivity contribution in [2.45, 2.75) is 29.1 Å². The first-order valence-electron chi connectivity index (χ1n) is 7.69. The molecule has 0 radical (unpaired) electrons. The van der Waals surface area contributed by atoms with E-state index in [2.05, 4.69) is 4.74 Å². The summed E-state index contributed by atoms with van der Waals surface area (Å²) in [7, 11) is 0. The molecular weight excluding hydrogens is 391 g/mol. The van der Waals surface area contributed by atoms with Gasteiger partial charge < -0.3 is 4.74 Å². The van der Waals surface area contributed by atoms with Crippen molar-refractivity contribution >= 4 is 23.3 Å². The van der Waals surface area contributed by atoms with Crippen LogP contribution in [0.4, 0.5) is 22.0 Å². The lowest BCUT2D eigenvalue weighted by molar-refractivity contribution is -0.273. The second kappa shape index (κ2) is 6.95. The molecule has 2 aromatic rings. The van der Waals surface area contributed by atoms with Crippen LogP contribution in [0, 0.1) is 5.82 Å². The number of ketones is 2. The lowest BCUT2D eigenvalue weighted by atomic mass is 10.0. The number of alkyl halides is 4. The van der Waals surface area contributed by atoms with Crippen LogP contribution in [0.3, 0.4) is 0 Å². The SMILES string of the molecule is O=C(CCC(=O)c1ccc2c(c1)OC(F)(F)C(F)(F)S2)c1ccc(F)cc1. The van der Waals surface area contributed by atoms with Gasteiger partial charge in [0.1, 0.15) is 11.6 Å². The van der Waals surface area contributed by atoms with Crippen LogP contribution < -0.4 is 4.74 Å². The van der Waals surface area contributed by atoms with Gasteiger partial charge in [-0.1, -0.05) is 6.07 Å². The monoisotopic (exact) mass is 402 g/mol. The first-order chi connectivity index (χ1) is 12.6. The molecule has 1 aliphatic heterocycles. The molecule has 3 nitrogen and oxygen atoms in total. The zero-order valence-electron chi connectivity index (χ0n) is 13.5. The maximum absolute atomic E-state index is 13.3. The fourth-order valence-corrected chi connectivity index (χ4v) is 3.17. The molecule has 0 saturated heterocycles. The van der Waals surface area contributed by atoms with E-state index in [0.717, 1.165) is 24.3 Å². The lowest BCUT2D eigenvalue weighted by Gasteiger charge is -2.31. The molecule has 9 heteroatoms. The summed E-state index contributed by atoms with van der Waals surface area (Å²) in [5.41, 5.74) is 0.193. The normalized spacial score (nSPS) is 16.9. The smallest absolute Gasteiger partial charge is 0.426 e. The molecule has 0 atom stereocenters. The number of benzene rings is 2. The number of halogens is 5. The zero-order chi connectivity index (χ0) is 19.8. The Morgan fingerprint density at radius 2 is 1.44 bits per heavy atom. The Morgan fingerprint density at radius 1 is 0.889 bits per heavy atom.